The van der Waals surface area contributed by atoms with Gasteiger partial charge in [-0.3, -0.25) is 4.90 Å². The molecule has 1 unspecified atom stereocenters. The predicted molar refractivity (Wildman–Crippen MR) is 73.4 cm³/mol. The number of nitrogens with one attached hydrogen (secondary N) is 1. The summed E-state index contributed by atoms with van der Waals surface area (Å²) >= 11 is 0. The molecular formula is C15H22F2N2. The molecule has 1 saturated heterocycles. The number of hydrogen-bond acceptors (Lipinski definition) is 2. The second kappa shape index (κ2) is 6.96. The fourth-order valence-corrected chi connectivity index (χ4v) is 2.56. The molecule has 2 nitrogen and oxygen atoms in total. The maximum atomic E-state index is 12.5. The highest BCUT2D eigenvalue weighted by molar-refractivity contribution is 5.23. The molecule has 4 heteroatoms. The fourth-order valence-electron chi connectivity index (χ4n) is 2.56. The fraction of sp³-hybridized carbons (Fsp3) is 0.600. The summed E-state index contributed by atoms with van der Waals surface area (Å²) in [5.74, 6) is 0. The number of rotatable bonds is 6. The Balaban J connectivity index is 1.89. The van der Waals surface area contributed by atoms with Crippen molar-refractivity contribution in [3.8, 4) is 0 Å². The number of benzene rings is 1. The van der Waals surface area contributed by atoms with Crippen LogP contribution in [0.25, 0.3) is 0 Å². The first kappa shape index (κ1) is 14.4. The molecule has 1 aliphatic rings. The summed E-state index contributed by atoms with van der Waals surface area (Å²) in [4.78, 5) is 2.36. The molecule has 0 bridgehead atoms. The highest BCUT2D eigenvalue weighted by Gasteiger charge is 2.17. The minimum absolute atomic E-state index is 0.101. The summed E-state index contributed by atoms with van der Waals surface area (Å²) in [6.45, 7) is 6.11. The largest absolute Gasteiger partial charge is 0.313 e. The number of hydrogen-bond donors (Lipinski definition) is 1. The van der Waals surface area contributed by atoms with Gasteiger partial charge in [0.25, 0.3) is 6.43 Å². The summed E-state index contributed by atoms with van der Waals surface area (Å²) in [6.07, 6.45) is 0.116. The van der Waals surface area contributed by atoms with Crippen LogP contribution in [0.5, 0.6) is 0 Å². The van der Waals surface area contributed by atoms with Crippen LogP contribution in [-0.4, -0.2) is 30.6 Å². The first-order valence-corrected chi connectivity index (χ1v) is 7.01. The van der Waals surface area contributed by atoms with Crippen molar-refractivity contribution in [1.29, 1.82) is 0 Å². The van der Waals surface area contributed by atoms with Crippen molar-refractivity contribution in [2.24, 2.45) is 0 Å². The van der Waals surface area contributed by atoms with Gasteiger partial charge in [0, 0.05) is 24.7 Å². The Labute approximate surface area is 113 Å². The molecule has 0 spiro atoms. The van der Waals surface area contributed by atoms with Crippen molar-refractivity contribution in [3.05, 3.63) is 35.4 Å². The predicted octanol–water partition coefficient (Wildman–Crippen LogP) is 3.20. The van der Waals surface area contributed by atoms with E-state index in [-0.39, 0.29) is 5.56 Å². The Morgan fingerprint density at radius 2 is 2.05 bits per heavy atom. The van der Waals surface area contributed by atoms with E-state index in [1.807, 2.05) is 12.1 Å². The van der Waals surface area contributed by atoms with Crippen molar-refractivity contribution >= 4 is 0 Å². The van der Waals surface area contributed by atoms with Crippen LogP contribution in [-0.2, 0) is 6.54 Å². The zero-order valence-electron chi connectivity index (χ0n) is 11.4. The van der Waals surface area contributed by atoms with E-state index in [0.29, 0.717) is 6.04 Å². The minimum Gasteiger partial charge on any atom is -0.313 e. The van der Waals surface area contributed by atoms with Crippen LogP contribution in [0, 0.1) is 0 Å². The van der Waals surface area contributed by atoms with E-state index in [0.717, 1.165) is 31.7 Å². The van der Waals surface area contributed by atoms with Crippen LogP contribution in [0.3, 0.4) is 0 Å². The van der Waals surface area contributed by atoms with Crippen LogP contribution < -0.4 is 5.32 Å². The zero-order valence-corrected chi connectivity index (χ0v) is 11.4. The molecule has 0 radical (unpaired) electrons. The Morgan fingerprint density at radius 1 is 1.32 bits per heavy atom. The maximum absolute atomic E-state index is 12.5. The van der Waals surface area contributed by atoms with Gasteiger partial charge in [-0.2, -0.15) is 0 Å². The van der Waals surface area contributed by atoms with Gasteiger partial charge in [-0.15, -0.1) is 0 Å². The summed E-state index contributed by atoms with van der Waals surface area (Å²) < 4.78 is 25.0. The van der Waals surface area contributed by atoms with Gasteiger partial charge in [0.15, 0.2) is 0 Å². The summed E-state index contributed by atoms with van der Waals surface area (Å²) in [6, 6.07) is 7.27. The molecule has 0 aromatic heterocycles. The molecule has 1 atom stereocenters. The van der Waals surface area contributed by atoms with Gasteiger partial charge < -0.3 is 5.32 Å². The SMILES string of the molecule is CCN(Cc1ccc(C(F)F)cc1)CC1CCCN1. The normalized spacial score (nSPS) is 19.5. The molecular weight excluding hydrogens is 246 g/mol. The first-order chi connectivity index (χ1) is 9.19. The third-order valence-electron chi connectivity index (χ3n) is 3.73. The van der Waals surface area contributed by atoms with Crippen LogP contribution in [0.1, 0.15) is 37.3 Å². The van der Waals surface area contributed by atoms with Gasteiger partial charge in [-0.25, -0.2) is 8.78 Å². The van der Waals surface area contributed by atoms with Gasteiger partial charge in [0.2, 0.25) is 0 Å². The van der Waals surface area contributed by atoms with E-state index in [9.17, 15) is 8.78 Å². The second-order valence-electron chi connectivity index (χ2n) is 5.16. The molecule has 1 fully saturated rings. The Kier molecular flexibility index (Phi) is 5.28. The Morgan fingerprint density at radius 3 is 2.58 bits per heavy atom. The highest BCUT2D eigenvalue weighted by Crippen LogP contribution is 2.19. The summed E-state index contributed by atoms with van der Waals surface area (Å²) in [5.41, 5.74) is 1.20. The van der Waals surface area contributed by atoms with Crippen LogP contribution >= 0.6 is 0 Å². The lowest BCUT2D eigenvalue weighted by Crippen LogP contribution is -2.37. The maximum Gasteiger partial charge on any atom is 0.263 e. The lowest BCUT2D eigenvalue weighted by atomic mass is 10.1. The third-order valence-corrected chi connectivity index (χ3v) is 3.73. The Hall–Kier alpha value is -1.00. The lowest BCUT2D eigenvalue weighted by Gasteiger charge is -2.24. The monoisotopic (exact) mass is 268 g/mol. The molecule has 0 aliphatic carbocycles. The van der Waals surface area contributed by atoms with Gasteiger partial charge in [0.1, 0.15) is 0 Å². The number of nitrogens with zero attached hydrogens (tertiary/aromatic N) is 1. The van der Waals surface area contributed by atoms with Crippen LogP contribution in [0.15, 0.2) is 24.3 Å². The topological polar surface area (TPSA) is 15.3 Å². The van der Waals surface area contributed by atoms with E-state index >= 15 is 0 Å². The third kappa shape index (κ3) is 4.25. The number of halogens is 2. The average molecular weight is 268 g/mol. The smallest absolute Gasteiger partial charge is 0.263 e. The molecule has 0 saturated carbocycles. The standard InChI is InChI=1S/C15H22F2N2/c1-2-19(11-14-4-3-9-18-14)10-12-5-7-13(8-6-12)15(16)17/h5-8,14-15,18H,2-4,9-11H2,1H3. The summed E-state index contributed by atoms with van der Waals surface area (Å²) in [7, 11) is 0. The number of alkyl halides is 2. The highest BCUT2D eigenvalue weighted by atomic mass is 19.3. The quantitative estimate of drug-likeness (QED) is 0.852. The van der Waals surface area contributed by atoms with Gasteiger partial charge in [-0.05, 0) is 31.5 Å². The Bertz CT molecular complexity index is 372. The van der Waals surface area contributed by atoms with E-state index in [1.165, 1.54) is 25.0 Å². The van der Waals surface area contributed by atoms with Crippen molar-refractivity contribution < 1.29 is 8.78 Å². The molecule has 1 aromatic rings. The number of likely N-dealkylation sites (N-methyl/N-ethyl adjacent to an activating group) is 1. The second-order valence-corrected chi connectivity index (χ2v) is 5.16. The molecule has 106 valence electrons. The van der Waals surface area contributed by atoms with E-state index in [1.54, 1.807) is 0 Å². The first-order valence-electron chi connectivity index (χ1n) is 7.01. The van der Waals surface area contributed by atoms with Crippen LogP contribution in [0.4, 0.5) is 8.78 Å². The molecule has 2 rings (SSSR count). The van der Waals surface area contributed by atoms with Gasteiger partial charge in [-0.1, -0.05) is 31.2 Å². The van der Waals surface area contributed by atoms with Gasteiger partial charge in [0.05, 0.1) is 0 Å². The lowest BCUT2D eigenvalue weighted by molar-refractivity contribution is 0.151. The molecule has 1 aromatic carbocycles. The molecule has 19 heavy (non-hydrogen) atoms. The molecule has 1 heterocycles. The average Bonchev–Trinajstić information content (AvgIpc) is 2.91. The molecule has 1 aliphatic heterocycles. The van der Waals surface area contributed by atoms with Crippen LogP contribution in [0.2, 0.25) is 0 Å². The molecule has 0 amide bonds. The van der Waals surface area contributed by atoms with Crippen molar-refractivity contribution in [2.75, 3.05) is 19.6 Å². The zero-order chi connectivity index (χ0) is 13.7. The van der Waals surface area contributed by atoms with Crippen molar-refractivity contribution in [1.82, 2.24) is 10.2 Å². The van der Waals surface area contributed by atoms with Crippen molar-refractivity contribution in [2.45, 2.75) is 38.8 Å². The van der Waals surface area contributed by atoms with Crippen molar-refractivity contribution in [3.63, 3.8) is 0 Å². The van der Waals surface area contributed by atoms with Gasteiger partial charge >= 0.3 is 0 Å². The van der Waals surface area contributed by atoms with E-state index < -0.39 is 6.43 Å². The minimum atomic E-state index is -2.38. The van der Waals surface area contributed by atoms with E-state index in [4.69, 9.17) is 0 Å². The summed E-state index contributed by atoms with van der Waals surface area (Å²) in [5, 5.41) is 3.49. The van der Waals surface area contributed by atoms with E-state index in [2.05, 4.69) is 17.1 Å². The molecule has 1 N–H and O–H groups in total.